The lowest BCUT2D eigenvalue weighted by Gasteiger charge is -2.05. The lowest BCUT2D eigenvalue weighted by molar-refractivity contribution is 0.237. The molecule has 1 nitrogen and oxygen atoms in total. The average molecular weight is 322 g/mol. The van der Waals surface area contributed by atoms with Crippen LogP contribution in [0.1, 0.15) is 17.2 Å². The molecule has 18 heavy (non-hydrogen) atoms. The van der Waals surface area contributed by atoms with Crippen molar-refractivity contribution in [2.45, 2.75) is 6.10 Å². The summed E-state index contributed by atoms with van der Waals surface area (Å²) in [4.78, 5) is 0. The van der Waals surface area contributed by atoms with Crippen molar-refractivity contribution >= 4 is 27.5 Å². The number of rotatable bonds is 1. The Kier molecular flexibility index (Phi) is 4.43. The molecule has 0 bridgehead atoms. The molecule has 2 aromatic carbocycles. The van der Waals surface area contributed by atoms with Crippen LogP contribution in [0.4, 0.5) is 0 Å². The zero-order valence-electron chi connectivity index (χ0n) is 9.40. The van der Waals surface area contributed by atoms with Crippen LogP contribution in [0.2, 0.25) is 5.02 Å². The first-order valence-electron chi connectivity index (χ1n) is 5.37. The van der Waals surface area contributed by atoms with E-state index in [1.807, 2.05) is 42.5 Å². The maximum atomic E-state index is 10.0. The van der Waals surface area contributed by atoms with Gasteiger partial charge in [0.15, 0.2) is 0 Å². The minimum atomic E-state index is -0.836. The SMILES string of the molecule is OC(C#Cc1ccccc1Cl)c1ccccc1Br. The van der Waals surface area contributed by atoms with Crippen molar-refractivity contribution in [3.63, 3.8) is 0 Å². The van der Waals surface area contributed by atoms with Crippen molar-refractivity contribution in [1.29, 1.82) is 0 Å². The molecule has 0 amide bonds. The average Bonchev–Trinajstić information content (AvgIpc) is 2.38. The number of halogens is 2. The van der Waals surface area contributed by atoms with Crippen LogP contribution >= 0.6 is 27.5 Å². The highest BCUT2D eigenvalue weighted by Crippen LogP contribution is 2.22. The van der Waals surface area contributed by atoms with Gasteiger partial charge in [-0.15, -0.1) is 0 Å². The highest BCUT2D eigenvalue weighted by molar-refractivity contribution is 9.10. The zero-order chi connectivity index (χ0) is 13.0. The van der Waals surface area contributed by atoms with Crippen LogP contribution in [0.5, 0.6) is 0 Å². The summed E-state index contributed by atoms with van der Waals surface area (Å²) in [5, 5.41) is 10.6. The van der Waals surface area contributed by atoms with Gasteiger partial charge in [-0.2, -0.15) is 0 Å². The zero-order valence-corrected chi connectivity index (χ0v) is 11.7. The number of hydrogen-bond acceptors (Lipinski definition) is 1. The molecule has 1 atom stereocenters. The van der Waals surface area contributed by atoms with Crippen LogP contribution in [0.15, 0.2) is 53.0 Å². The Morgan fingerprint density at radius 1 is 1.06 bits per heavy atom. The summed E-state index contributed by atoms with van der Waals surface area (Å²) >= 11 is 9.38. The van der Waals surface area contributed by atoms with Crippen molar-refractivity contribution < 1.29 is 5.11 Å². The van der Waals surface area contributed by atoms with Gasteiger partial charge in [0.1, 0.15) is 6.10 Å². The van der Waals surface area contributed by atoms with Gasteiger partial charge in [-0.3, -0.25) is 0 Å². The van der Waals surface area contributed by atoms with E-state index < -0.39 is 6.10 Å². The van der Waals surface area contributed by atoms with E-state index in [0.717, 1.165) is 10.0 Å². The maximum absolute atomic E-state index is 10.0. The van der Waals surface area contributed by atoms with Gasteiger partial charge in [0.05, 0.1) is 5.02 Å². The Morgan fingerprint density at radius 2 is 1.72 bits per heavy atom. The molecular weight excluding hydrogens is 312 g/mol. The summed E-state index contributed by atoms with van der Waals surface area (Å²) in [6.45, 7) is 0. The minimum Gasteiger partial charge on any atom is -0.376 e. The Balaban J connectivity index is 2.26. The molecule has 0 saturated carbocycles. The number of hydrogen-bond donors (Lipinski definition) is 1. The molecule has 0 aromatic heterocycles. The van der Waals surface area contributed by atoms with E-state index in [0.29, 0.717) is 10.6 Å². The lowest BCUT2D eigenvalue weighted by atomic mass is 10.1. The van der Waals surface area contributed by atoms with Crippen molar-refractivity contribution in [3.05, 3.63) is 69.2 Å². The van der Waals surface area contributed by atoms with E-state index in [2.05, 4.69) is 27.8 Å². The summed E-state index contributed by atoms with van der Waals surface area (Å²) < 4.78 is 0.839. The van der Waals surface area contributed by atoms with Gasteiger partial charge in [0, 0.05) is 15.6 Å². The second-order valence-corrected chi connectivity index (χ2v) is 4.93. The van der Waals surface area contributed by atoms with Gasteiger partial charge in [-0.1, -0.05) is 69.7 Å². The molecule has 0 aliphatic heterocycles. The predicted molar refractivity (Wildman–Crippen MR) is 77.4 cm³/mol. The molecule has 1 N–H and O–H groups in total. The number of benzene rings is 2. The number of aliphatic hydroxyl groups excluding tert-OH is 1. The Bertz CT molecular complexity index is 613. The second-order valence-electron chi connectivity index (χ2n) is 3.67. The molecule has 0 heterocycles. The summed E-state index contributed by atoms with van der Waals surface area (Å²) in [5.74, 6) is 5.67. The van der Waals surface area contributed by atoms with E-state index >= 15 is 0 Å². The first kappa shape index (κ1) is 13.2. The van der Waals surface area contributed by atoms with Gasteiger partial charge in [-0.25, -0.2) is 0 Å². The third-order valence-electron chi connectivity index (χ3n) is 2.42. The van der Waals surface area contributed by atoms with E-state index in [1.54, 1.807) is 6.07 Å². The van der Waals surface area contributed by atoms with Crippen LogP contribution in [0.25, 0.3) is 0 Å². The second kappa shape index (κ2) is 6.06. The quantitative estimate of drug-likeness (QED) is 0.781. The van der Waals surface area contributed by atoms with Crippen LogP contribution in [0, 0.1) is 11.8 Å². The van der Waals surface area contributed by atoms with Gasteiger partial charge >= 0.3 is 0 Å². The van der Waals surface area contributed by atoms with Crippen molar-refractivity contribution in [2.75, 3.05) is 0 Å². The summed E-state index contributed by atoms with van der Waals surface area (Å²) in [5.41, 5.74) is 1.46. The fourth-order valence-corrected chi connectivity index (χ4v) is 2.17. The Hall–Kier alpha value is -1.27. The molecule has 3 heteroatoms. The molecule has 0 aliphatic rings. The monoisotopic (exact) mass is 320 g/mol. The van der Waals surface area contributed by atoms with Gasteiger partial charge in [0.2, 0.25) is 0 Å². The van der Waals surface area contributed by atoms with E-state index in [1.165, 1.54) is 0 Å². The standard InChI is InChI=1S/C15H10BrClO/c16-13-7-3-2-6-12(13)15(18)10-9-11-5-1-4-8-14(11)17/h1-8,15,18H. The van der Waals surface area contributed by atoms with E-state index in [9.17, 15) is 5.11 Å². The minimum absolute atomic E-state index is 0.587. The smallest absolute Gasteiger partial charge is 0.141 e. The van der Waals surface area contributed by atoms with Crippen molar-refractivity contribution in [2.24, 2.45) is 0 Å². The van der Waals surface area contributed by atoms with Gasteiger partial charge in [0.25, 0.3) is 0 Å². The fraction of sp³-hybridized carbons (Fsp3) is 0.0667. The molecule has 2 aromatic rings. The van der Waals surface area contributed by atoms with Crippen LogP contribution in [0.3, 0.4) is 0 Å². The molecular formula is C15H10BrClO. The third kappa shape index (κ3) is 3.14. The highest BCUT2D eigenvalue weighted by atomic mass is 79.9. The van der Waals surface area contributed by atoms with Crippen LogP contribution in [-0.2, 0) is 0 Å². The third-order valence-corrected chi connectivity index (χ3v) is 3.47. The van der Waals surface area contributed by atoms with E-state index in [-0.39, 0.29) is 0 Å². The molecule has 90 valence electrons. The molecule has 0 saturated heterocycles. The van der Waals surface area contributed by atoms with Crippen LogP contribution in [-0.4, -0.2) is 5.11 Å². The number of aliphatic hydroxyl groups is 1. The normalized spacial score (nSPS) is 11.5. The summed E-state index contributed by atoms with van der Waals surface area (Å²) in [6.07, 6.45) is -0.836. The summed E-state index contributed by atoms with van der Waals surface area (Å²) in [6, 6.07) is 14.8. The largest absolute Gasteiger partial charge is 0.376 e. The van der Waals surface area contributed by atoms with Crippen LogP contribution < -0.4 is 0 Å². The van der Waals surface area contributed by atoms with Gasteiger partial charge < -0.3 is 5.11 Å². The summed E-state index contributed by atoms with van der Waals surface area (Å²) in [7, 11) is 0. The Labute approximate surface area is 120 Å². The molecule has 0 aliphatic carbocycles. The predicted octanol–water partition coefficient (Wildman–Crippen LogP) is 4.19. The highest BCUT2D eigenvalue weighted by Gasteiger charge is 2.06. The fourth-order valence-electron chi connectivity index (χ4n) is 1.48. The molecule has 0 spiro atoms. The first-order chi connectivity index (χ1) is 8.68. The molecule has 0 fully saturated rings. The van der Waals surface area contributed by atoms with Gasteiger partial charge in [-0.05, 0) is 18.2 Å². The Morgan fingerprint density at radius 3 is 2.44 bits per heavy atom. The molecule has 1 unspecified atom stereocenters. The molecule has 0 radical (unpaired) electrons. The lowest BCUT2D eigenvalue weighted by Crippen LogP contribution is -1.94. The molecule has 2 rings (SSSR count). The topological polar surface area (TPSA) is 20.2 Å². The van der Waals surface area contributed by atoms with Crippen molar-refractivity contribution in [1.82, 2.24) is 0 Å². The first-order valence-corrected chi connectivity index (χ1v) is 6.54. The van der Waals surface area contributed by atoms with Crippen molar-refractivity contribution in [3.8, 4) is 11.8 Å². The van der Waals surface area contributed by atoms with E-state index in [4.69, 9.17) is 11.6 Å². The maximum Gasteiger partial charge on any atom is 0.141 e.